The molecule has 1 aromatic carbocycles. The lowest BCUT2D eigenvalue weighted by molar-refractivity contribution is 0.414. The van der Waals surface area contributed by atoms with Crippen molar-refractivity contribution in [1.29, 1.82) is 0 Å². The number of ether oxygens (including phenoxy) is 1. The van der Waals surface area contributed by atoms with Gasteiger partial charge in [-0.25, -0.2) is 0 Å². The maximum absolute atomic E-state index is 5.49. The molecule has 2 N–H and O–H groups in total. The molecule has 0 spiro atoms. The minimum absolute atomic E-state index is 0.607. The van der Waals surface area contributed by atoms with Gasteiger partial charge in [-0.1, -0.05) is 12.1 Å². The Labute approximate surface area is 183 Å². The second-order valence-electron chi connectivity index (χ2n) is 7.44. The van der Waals surface area contributed by atoms with E-state index in [4.69, 9.17) is 17.0 Å². The Morgan fingerprint density at radius 2 is 1.90 bits per heavy atom. The van der Waals surface area contributed by atoms with Crippen molar-refractivity contribution in [2.24, 2.45) is 0 Å². The predicted octanol–water partition coefficient (Wildman–Crippen LogP) is 3.75. The van der Waals surface area contributed by atoms with Crippen molar-refractivity contribution in [3.8, 4) is 5.75 Å². The Kier molecular flexibility index (Phi) is 7.10. The zero-order chi connectivity index (χ0) is 21.7. The average Bonchev–Trinajstić information content (AvgIpc) is 3.17. The highest BCUT2D eigenvalue weighted by Crippen LogP contribution is 2.21. The number of benzene rings is 1. The number of hydrogen-bond acceptors (Lipinski definition) is 4. The van der Waals surface area contributed by atoms with E-state index in [0.717, 1.165) is 53.6 Å². The van der Waals surface area contributed by atoms with Crippen molar-refractivity contribution in [3.05, 3.63) is 58.7 Å². The Bertz CT molecular complexity index is 1020. The van der Waals surface area contributed by atoms with Gasteiger partial charge in [0.15, 0.2) is 5.11 Å². The number of nitrogens with one attached hydrogen (secondary N) is 2. The quantitative estimate of drug-likeness (QED) is 0.422. The highest BCUT2D eigenvalue weighted by molar-refractivity contribution is 7.80. The molecule has 0 saturated carbocycles. The number of rotatable bonds is 8. The Morgan fingerprint density at radius 1 is 1.10 bits per heavy atom. The summed E-state index contributed by atoms with van der Waals surface area (Å²) < 4.78 is 9.33. The van der Waals surface area contributed by atoms with Crippen molar-refractivity contribution < 1.29 is 4.74 Å². The molecule has 0 saturated heterocycles. The van der Waals surface area contributed by atoms with E-state index in [1.165, 1.54) is 5.69 Å². The van der Waals surface area contributed by atoms with Crippen LogP contribution in [-0.4, -0.2) is 38.3 Å². The van der Waals surface area contributed by atoms with E-state index in [1.54, 1.807) is 7.11 Å². The summed E-state index contributed by atoms with van der Waals surface area (Å²) >= 11 is 5.49. The van der Waals surface area contributed by atoms with Gasteiger partial charge in [-0.3, -0.25) is 9.36 Å². The number of aryl methyl sites for hydroxylation is 4. The molecule has 0 aliphatic rings. The van der Waals surface area contributed by atoms with Gasteiger partial charge in [-0.05, 0) is 70.1 Å². The molecule has 160 valence electrons. The van der Waals surface area contributed by atoms with Crippen molar-refractivity contribution in [3.63, 3.8) is 0 Å². The van der Waals surface area contributed by atoms with Gasteiger partial charge in [0.1, 0.15) is 5.75 Å². The first-order chi connectivity index (χ1) is 14.4. The van der Waals surface area contributed by atoms with Gasteiger partial charge in [0.2, 0.25) is 0 Å². The molecule has 30 heavy (non-hydrogen) atoms. The molecule has 0 unspecified atom stereocenters. The van der Waals surface area contributed by atoms with E-state index in [2.05, 4.69) is 39.9 Å². The smallest absolute Gasteiger partial charge is 0.170 e. The Balaban J connectivity index is 1.54. The molecule has 0 bridgehead atoms. The van der Waals surface area contributed by atoms with Gasteiger partial charge >= 0.3 is 0 Å². The normalized spacial score (nSPS) is 10.8. The second-order valence-corrected chi connectivity index (χ2v) is 7.85. The minimum Gasteiger partial charge on any atom is -0.497 e. The zero-order valence-electron chi connectivity index (χ0n) is 18.3. The first kappa shape index (κ1) is 21.8. The van der Waals surface area contributed by atoms with Crippen molar-refractivity contribution in [2.75, 3.05) is 19.0 Å². The molecule has 2 aromatic heterocycles. The van der Waals surface area contributed by atoms with Crippen LogP contribution in [0.25, 0.3) is 0 Å². The molecule has 7 nitrogen and oxygen atoms in total. The second kappa shape index (κ2) is 9.75. The number of thiocarbonyl (C=S) groups is 1. The number of hydrogen-bond donors (Lipinski definition) is 2. The lowest BCUT2D eigenvalue weighted by atomic mass is 10.2. The molecule has 0 atom stereocenters. The largest absolute Gasteiger partial charge is 0.497 e. The highest BCUT2D eigenvalue weighted by Gasteiger charge is 2.13. The first-order valence-corrected chi connectivity index (χ1v) is 10.5. The standard InChI is InChI=1S/C22H30N6OS/c1-15-12-16(2)27(25-15)11-7-10-23-22(30)24-21-17(3)26-28(18(21)4)14-19-8-6-9-20(13-19)29-5/h6,8-9,12-13H,7,10-11,14H2,1-5H3,(H2,23,24,30). The molecular formula is C22H30N6OS. The summed E-state index contributed by atoms with van der Waals surface area (Å²) in [5.74, 6) is 0.846. The van der Waals surface area contributed by atoms with E-state index in [-0.39, 0.29) is 0 Å². The minimum atomic E-state index is 0.607. The molecule has 0 fully saturated rings. The molecular weight excluding hydrogens is 396 g/mol. The van der Waals surface area contributed by atoms with Crippen LogP contribution in [0.4, 0.5) is 5.69 Å². The molecule has 0 radical (unpaired) electrons. The van der Waals surface area contributed by atoms with Crippen LogP contribution in [0.3, 0.4) is 0 Å². The van der Waals surface area contributed by atoms with E-state index < -0.39 is 0 Å². The topological polar surface area (TPSA) is 68.9 Å². The van der Waals surface area contributed by atoms with Gasteiger partial charge in [0.05, 0.1) is 36.4 Å². The van der Waals surface area contributed by atoms with Crippen LogP contribution in [0, 0.1) is 27.7 Å². The van der Waals surface area contributed by atoms with Crippen molar-refractivity contribution in [1.82, 2.24) is 24.9 Å². The SMILES string of the molecule is COc1cccc(Cn2nc(C)c(NC(=S)NCCCn3nc(C)cc3C)c2C)c1. The lowest BCUT2D eigenvalue weighted by Gasteiger charge is -2.12. The van der Waals surface area contributed by atoms with Crippen LogP contribution in [0.2, 0.25) is 0 Å². The molecule has 0 aliphatic carbocycles. The van der Waals surface area contributed by atoms with Crippen molar-refractivity contribution >= 4 is 23.0 Å². The van der Waals surface area contributed by atoms with Gasteiger partial charge in [-0.2, -0.15) is 10.2 Å². The van der Waals surface area contributed by atoms with Gasteiger partial charge in [0, 0.05) is 18.8 Å². The Hall–Kier alpha value is -2.87. The third-order valence-electron chi connectivity index (χ3n) is 5.02. The van der Waals surface area contributed by atoms with Gasteiger partial charge < -0.3 is 15.4 Å². The fraction of sp³-hybridized carbons (Fsp3) is 0.409. The fourth-order valence-corrected chi connectivity index (χ4v) is 3.67. The zero-order valence-corrected chi connectivity index (χ0v) is 19.1. The van der Waals surface area contributed by atoms with Crippen LogP contribution in [0.15, 0.2) is 30.3 Å². The van der Waals surface area contributed by atoms with Gasteiger partial charge in [0.25, 0.3) is 0 Å². The maximum atomic E-state index is 5.49. The number of nitrogens with zero attached hydrogens (tertiary/aromatic N) is 4. The molecule has 2 heterocycles. The van der Waals surface area contributed by atoms with E-state index in [1.807, 2.05) is 48.3 Å². The van der Waals surface area contributed by atoms with Crippen LogP contribution in [0.5, 0.6) is 5.75 Å². The summed E-state index contributed by atoms with van der Waals surface area (Å²) in [5, 5.41) is 16.4. The first-order valence-electron chi connectivity index (χ1n) is 10.1. The predicted molar refractivity (Wildman–Crippen MR) is 124 cm³/mol. The van der Waals surface area contributed by atoms with Gasteiger partial charge in [-0.15, -0.1) is 0 Å². The van der Waals surface area contributed by atoms with Crippen LogP contribution < -0.4 is 15.4 Å². The van der Waals surface area contributed by atoms with Crippen molar-refractivity contribution in [2.45, 2.75) is 47.2 Å². The third-order valence-corrected chi connectivity index (χ3v) is 5.27. The summed E-state index contributed by atoms with van der Waals surface area (Å²) in [5.41, 5.74) is 6.28. The van der Waals surface area contributed by atoms with E-state index in [0.29, 0.717) is 11.7 Å². The average molecular weight is 427 g/mol. The number of aromatic nitrogens is 4. The van der Waals surface area contributed by atoms with Crippen LogP contribution >= 0.6 is 12.2 Å². The molecule has 0 aliphatic heterocycles. The number of anilines is 1. The monoisotopic (exact) mass is 426 g/mol. The highest BCUT2D eigenvalue weighted by atomic mass is 32.1. The van der Waals surface area contributed by atoms with Crippen LogP contribution in [-0.2, 0) is 13.1 Å². The molecule has 3 rings (SSSR count). The van der Waals surface area contributed by atoms with E-state index >= 15 is 0 Å². The summed E-state index contributed by atoms with van der Waals surface area (Å²) in [6, 6.07) is 10.1. The van der Waals surface area contributed by atoms with Crippen LogP contribution in [0.1, 0.15) is 34.8 Å². The summed E-state index contributed by atoms with van der Waals surface area (Å²) in [6.07, 6.45) is 0.941. The van der Waals surface area contributed by atoms with E-state index in [9.17, 15) is 0 Å². The summed E-state index contributed by atoms with van der Waals surface area (Å²) in [7, 11) is 1.68. The summed E-state index contributed by atoms with van der Waals surface area (Å²) in [4.78, 5) is 0. The lowest BCUT2D eigenvalue weighted by Crippen LogP contribution is -2.30. The number of methoxy groups -OCH3 is 1. The third kappa shape index (κ3) is 5.38. The Morgan fingerprint density at radius 3 is 2.60 bits per heavy atom. The molecule has 3 aromatic rings. The molecule has 8 heteroatoms. The summed E-state index contributed by atoms with van der Waals surface area (Å²) in [6.45, 7) is 10.4. The molecule has 0 amide bonds. The fourth-order valence-electron chi connectivity index (χ4n) is 3.47. The maximum Gasteiger partial charge on any atom is 0.170 e.